The molecule has 2 heteroatoms. The first-order valence-corrected chi connectivity index (χ1v) is 7.23. The third-order valence-electron chi connectivity index (χ3n) is 3.68. The molecule has 0 saturated carbocycles. The highest BCUT2D eigenvalue weighted by Crippen LogP contribution is 2.14. The van der Waals surface area contributed by atoms with E-state index in [-0.39, 0.29) is 0 Å². The molecule has 0 aliphatic carbocycles. The molecule has 0 aromatic heterocycles. The Kier molecular flexibility index (Phi) is 4.79. The van der Waals surface area contributed by atoms with Gasteiger partial charge in [-0.3, -0.25) is 4.90 Å². The van der Waals surface area contributed by atoms with Gasteiger partial charge in [-0.1, -0.05) is 45.0 Å². The minimum absolute atomic E-state index is 0.596. The highest BCUT2D eigenvalue weighted by molar-refractivity contribution is 5.22. The third-order valence-corrected chi connectivity index (χ3v) is 3.68. The summed E-state index contributed by atoms with van der Waals surface area (Å²) in [5.74, 6) is 0. The summed E-state index contributed by atoms with van der Waals surface area (Å²) >= 11 is 0. The molecule has 1 saturated heterocycles. The molecule has 1 aliphatic rings. The number of likely N-dealkylation sites (tertiary alicyclic amines) is 1. The molecule has 2 rings (SSSR count). The summed E-state index contributed by atoms with van der Waals surface area (Å²) in [6, 6.07) is 10.4. The number of nitrogens with zero attached hydrogens (tertiary/aromatic N) is 1. The second-order valence-corrected chi connectivity index (χ2v) is 5.71. The Morgan fingerprint density at radius 1 is 1.22 bits per heavy atom. The van der Waals surface area contributed by atoms with Gasteiger partial charge in [0, 0.05) is 31.7 Å². The van der Waals surface area contributed by atoms with Crippen molar-refractivity contribution in [3.63, 3.8) is 0 Å². The maximum atomic E-state index is 3.63. The van der Waals surface area contributed by atoms with E-state index in [0.29, 0.717) is 12.1 Å². The highest BCUT2D eigenvalue weighted by Gasteiger charge is 2.22. The Hall–Kier alpha value is -0.860. The van der Waals surface area contributed by atoms with Gasteiger partial charge >= 0.3 is 0 Å². The van der Waals surface area contributed by atoms with Crippen LogP contribution in [0.15, 0.2) is 24.3 Å². The summed E-state index contributed by atoms with van der Waals surface area (Å²) < 4.78 is 0. The third kappa shape index (κ3) is 3.82. The van der Waals surface area contributed by atoms with E-state index in [4.69, 9.17) is 0 Å². The molecule has 0 radical (unpaired) electrons. The van der Waals surface area contributed by atoms with Crippen LogP contribution in [0.1, 0.15) is 38.3 Å². The van der Waals surface area contributed by atoms with Gasteiger partial charge in [0.25, 0.3) is 0 Å². The molecule has 1 N–H and O–H groups in total. The molecule has 1 heterocycles. The van der Waals surface area contributed by atoms with Crippen LogP contribution in [0.2, 0.25) is 0 Å². The van der Waals surface area contributed by atoms with Crippen LogP contribution < -0.4 is 5.32 Å². The summed E-state index contributed by atoms with van der Waals surface area (Å²) in [6.07, 6.45) is 2.41. The van der Waals surface area contributed by atoms with Gasteiger partial charge in [0.05, 0.1) is 0 Å². The molecule has 0 spiro atoms. The predicted octanol–water partition coefficient (Wildman–Crippen LogP) is 2.82. The van der Waals surface area contributed by atoms with E-state index < -0.39 is 0 Å². The number of hydrogen-bond donors (Lipinski definition) is 1. The van der Waals surface area contributed by atoms with Crippen LogP contribution in [0.3, 0.4) is 0 Å². The van der Waals surface area contributed by atoms with Gasteiger partial charge in [0.2, 0.25) is 0 Å². The number of nitrogens with one attached hydrogen (secondary N) is 1. The second-order valence-electron chi connectivity index (χ2n) is 5.71. The van der Waals surface area contributed by atoms with Gasteiger partial charge in [-0.05, 0) is 24.0 Å². The molecular weight excluding hydrogens is 220 g/mol. The molecule has 1 fully saturated rings. The van der Waals surface area contributed by atoms with Crippen molar-refractivity contribution in [2.75, 3.05) is 13.1 Å². The van der Waals surface area contributed by atoms with E-state index in [1.807, 2.05) is 0 Å². The van der Waals surface area contributed by atoms with Crippen molar-refractivity contribution >= 4 is 0 Å². The average Bonchev–Trinajstić information content (AvgIpc) is 2.76. The number of rotatable bonds is 5. The molecule has 1 aromatic carbocycles. The molecule has 0 amide bonds. The smallest absolute Gasteiger partial charge is 0.0234 e. The highest BCUT2D eigenvalue weighted by atomic mass is 15.2. The standard InChI is InChI=1S/C16H26N2/c1-4-14-5-7-15(8-6-14)11-18-10-9-16(12-18)17-13(2)3/h5-8,13,16-17H,4,9-12H2,1-3H3. The minimum atomic E-state index is 0.596. The van der Waals surface area contributed by atoms with Crippen molar-refractivity contribution in [3.8, 4) is 0 Å². The zero-order valence-corrected chi connectivity index (χ0v) is 11.9. The first-order valence-electron chi connectivity index (χ1n) is 7.23. The summed E-state index contributed by atoms with van der Waals surface area (Å²) in [5.41, 5.74) is 2.87. The summed E-state index contributed by atoms with van der Waals surface area (Å²) in [7, 11) is 0. The van der Waals surface area contributed by atoms with Gasteiger partial charge in [-0.2, -0.15) is 0 Å². The maximum Gasteiger partial charge on any atom is 0.0234 e. The van der Waals surface area contributed by atoms with Crippen LogP contribution in [-0.2, 0) is 13.0 Å². The maximum absolute atomic E-state index is 3.63. The second kappa shape index (κ2) is 6.35. The van der Waals surface area contributed by atoms with Gasteiger partial charge in [0.15, 0.2) is 0 Å². The molecular formula is C16H26N2. The SMILES string of the molecule is CCc1ccc(CN2CCC(NC(C)C)C2)cc1. The number of benzene rings is 1. The van der Waals surface area contributed by atoms with Crippen LogP contribution in [-0.4, -0.2) is 30.1 Å². The lowest BCUT2D eigenvalue weighted by molar-refractivity contribution is 0.317. The number of aryl methyl sites for hydroxylation is 1. The molecule has 1 aliphatic heterocycles. The van der Waals surface area contributed by atoms with E-state index in [0.717, 1.165) is 13.0 Å². The lowest BCUT2D eigenvalue weighted by atomic mass is 10.1. The van der Waals surface area contributed by atoms with E-state index >= 15 is 0 Å². The molecule has 18 heavy (non-hydrogen) atoms. The quantitative estimate of drug-likeness (QED) is 0.859. The van der Waals surface area contributed by atoms with Crippen LogP contribution >= 0.6 is 0 Å². The van der Waals surface area contributed by atoms with E-state index in [9.17, 15) is 0 Å². The zero-order valence-electron chi connectivity index (χ0n) is 11.9. The fourth-order valence-electron chi connectivity index (χ4n) is 2.72. The Balaban J connectivity index is 1.83. The molecule has 0 bridgehead atoms. The van der Waals surface area contributed by atoms with Crippen LogP contribution in [0, 0.1) is 0 Å². The van der Waals surface area contributed by atoms with Crippen LogP contribution in [0.25, 0.3) is 0 Å². The predicted molar refractivity (Wildman–Crippen MR) is 77.8 cm³/mol. The summed E-state index contributed by atoms with van der Waals surface area (Å²) in [4.78, 5) is 2.56. The van der Waals surface area contributed by atoms with Crippen molar-refractivity contribution in [3.05, 3.63) is 35.4 Å². The Morgan fingerprint density at radius 3 is 2.50 bits per heavy atom. The normalized spacial score (nSPS) is 20.8. The topological polar surface area (TPSA) is 15.3 Å². The van der Waals surface area contributed by atoms with Gasteiger partial charge in [-0.25, -0.2) is 0 Å². The van der Waals surface area contributed by atoms with Crippen molar-refractivity contribution in [2.45, 2.75) is 52.2 Å². The van der Waals surface area contributed by atoms with Crippen molar-refractivity contribution in [1.29, 1.82) is 0 Å². The monoisotopic (exact) mass is 246 g/mol. The summed E-state index contributed by atoms with van der Waals surface area (Å²) in [6.45, 7) is 10.2. The number of hydrogen-bond acceptors (Lipinski definition) is 2. The molecule has 1 atom stereocenters. The van der Waals surface area contributed by atoms with E-state index in [2.05, 4.69) is 55.3 Å². The largest absolute Gasteiger partial charge is 0.310 e. The van der Waals surface area contributed by atoms with Gasteiger partial charge in [-0.15, -0.1) is 0 Å². The Bertz CT molecular complexity index is 356. The minimum Gasteiger partial charge on any atom is -0.310 e. The lowest BCUT2D eigenvalue weighted by Crippen LogP contribution is -2.36. The fourth-order valence-corrected chi connectivity index (χ4v) is 2.72. The Morgan fingerprint density at radius 2 is 1.89 bits per heavy atom. The Labute approximate surface area is 111 Å². The average molecular weight is 246 g/mol. The molecule has 1 aromatic rings. The van der Waals surface area contributed by atoms with E-state index in [1.54, 1.807) is 0 Å². The summed E-state index contributed by atoms with van der Waals surface area (Å²) in [5, 5.41) is 3.63. The van der Waals surface area contributed by atoms with Crippen LogP contribution in [0.4, 0.5) is 0 Å². The van der Waals surface area contributed by atoms with E-state index in [1.165, 1.54) is 30.6 Å². The van der Waals surface area contributed by atoms with Gasteiger partial charge < -0.3 is 5.32 Å². The molecule has 2 nitrogen and oxygen atoms in total. The van der Waals surface area contributed by atoms with Crippen molar-refractivity contribution in [2.24, 2.45) is 0 Å². The van der Waals surface area contributed by atoms with Crippen molar-refractivity contribution < 1.29 is 0 Å². The molecule has 1 unspecified atom stereocenters. The first kappa shape index (κ1) is 13.6. The molecule has 100 valence electrons. The van der Waals surface area contributed by atoms with Crippen molar-refractivity contribution in [1.82, 2.24) is 10.2 Å². The van der Waals surface area contributed by atoms with Gasteiger partial charge in [0.1, 0.15) is 0 Å². The fraction of sp³-hybridized carbons (Fsp3) is 0.625. The lowest BCUT2D eigenvalue weighted by Gasteiger charge is -2.18. The van der Waals surface area contributed by atoms with Crippen LogP contribution in [0.5, 0.6) is 0 Å². The zero-order chi connectivity index (χ0) is 13.0. The first-order chi connectivity index (χ1) is 8.67.